The van der Waals surface area contributed by atoms with Gasteiger partial charge < -0.3 is 4.90 Å². The Morgan fingerprint density at radius 1 is 1.25 bits per heavy atom. The third-order valence-electron chi connectivity index (χ3n) is 2.94. The molecule has 1 amide bonds. The topological polar surface area (TPSA) is 20.3 Å². The van der Waals surface area contributed by atoms with E-state index in [2.05, 4.69) is 6.58 Å². The van der Waals surface area contributed by atoms with Crippen LogP contribution in [-0.2, 0) is 4.79 Å². The molecule has 1 saturated heterocycles. The van der Waals surface area contributed by atoms with Gasteiger partial charge in [-0.15, -0.1) is 0 Å². The molecule has 1 aliphatic rings. The molecule has 1 fully saturated rings. The minimum Gasteiger partial charge on any atom is -0.339 e. The second-order valence-electron chi connectivity index (χ2n) is 4.15. The third kappa shape index (κ3) is 3.09. The van der Waals surface area contributed by atoms with Crippen LogP contribution in [0.5, 0.6) is 0 Å². The first-order valence-corrected chi connectivity index (χ1v) is 5.96. The fourth-order valence-corrected chi connectivity index (χ4v) is 1.92. The molecule has 0 aromatic rings. The minimum atomic E-state index is 0.148. The Morgan fingerprint density at radius 2 is 1.88 bits per heavy atom. The van der Waals surface area contributed by atoms with Gasteiger partial charge in [-0.05, 0) is 38.7 Å². The number of amides is 1. The normalized spacial score (nSPS) is 18.5. The van der Waals surface area contributed by atoms with Gasteiger partial charge >= 0.3 is 0 Å². The average molecular weight is 219 g/mol. The molecule has 0 N–H and O–H groups in total. The molecule has 2 heteroatoms. The highest BCUT2D eigenvalue weighted by Crippen LogP contribution is 2.16. The van der Waals surface area contributed by atoms with Crippen molar-refractivity contribution >= 4 is 5.91 Å². The maximum absolute atomic E-state index is 12.3. The van der Waals surface area contributed by atoms with E-state index in [4.69, 9.17) is 0 Å². The molecular formula is C14H21NO. The van der Waals surface area contributed by atoms with Gasteiger partial charge in [0, 0.05) is 18.7 Å². The summed E-state index contributed by atoms with van der Waals surface area (Å²) in [5.74, 6) is 0.148. The van der Waals surface area contributed by atoms with E-state index in [9.17, 15) is 4.79 Å². The highest BCUT2D eigenvalue weighted by molar-refractivity contribution is 5.97. The molecule has 1 rings (SSSR count). The molecule has 0 unspecified atom stereocenters. The van der Waals surface area contributed by atoms with E-state index < -0.39 is 0 Å². The highest BCUT2D eigenvalue weighted by Gasteiger charge is 2.19. The minimum absolute atomic E-state index is 0.148. The van der Waals surface area contributed by atoms with Crippen LogP contribution >= 0.6 is 0 Å². The average Bonchev–Trinajstić information content (AvgIpc) is 2.35. The number of allylic oxidation sites excluding steroid dienone is 3. The number of hydrogen-bond acceptors (Lipinski definition) is 1. The van der Waals surface area contributed by atoms with Crippen LogP contribution in [-0.4, -0.2) is 23.9 Å². The standard InChI is InChI=1S/C14H21NO/c1-4-9-13(12(3)5-2)14(16)15-10-7-6-8-11-15/h4-5,9H,2,6-8,10-11H2,1,3H3/b9-4-,13-12+. The van der Waals surface area contributed by atoms with Gasteiger partial charge in [-0.2, -0.15) is 0 Å². The van der Waals surface area contributed by atoms with E-state index in [1.807, 2.05) is 30.9 Å². The Morgan fingerprint density at radius 3 is 2.38 bits per heavy atom. The SMILES string of the molecule is C=C/C(C)=C(\C=C/C)C(=O)N1CCCCC1. The van der Waals surface area contributed by atoms with Crippen molar-refractivity contribution < 1.29 is 4.79 Å². The summed E-state index contributed by atoms with van der Waals surface area (Å²) >= 11 is 0. The summed E-state index contributed by atoms with van der Waals surface area (Å²) in [7, 11) is 0. The monoisotopic (exact) mass is 219 g/mol. The number of piperidine rings is 1. The van der Waals surface area contributed by atoms with Crippen molar-refractivity contribution in [3.8, 4) is 0 Å². The van der Waals surface area contributed by atoms with Crippen LogP contribution in [0.2, 0.25) is 0 Å². The van der Waals surface area contributed by atoms with Gasteiger partial charge in [-0.3, -0.25) is 4.79 Å². The zero-order valence-corrected chi connectivity index (χ0v) is 10.3. The van der Waals surface area contributed by atoms with Crippen molar-refractivity contribution in [3.05, 3.63) is 36.0 Å². The van der Waals surface area contributed by atoms with Crippen LogP contribution in [0.4, 0.5) is 0 Å². The molecule has 0 aromatic carbocycles. The van der Waals surface area contributed by atoms with Gasteiger partial charge in [0.1, 0.15) is 0 Å². The van der Waals surface area contributed by atoms with Gasteiger partial charge in [-0.25, -0.2) is 0 Å². The summed E-state index contributed by atoms with van der Waals surface area (Å²) in [6, 6.07) is 0. The Balaban J connectivity index is 2.86. The Kier molecular flexibility index (Phi) is 5.03. The molecular weight excluding hydrogens is 198 g/mol. The summed E-state index contributed by atoms with van der Waals surface area (Å²) in [5, 5.41) is 0. The molecule has 0 spiro atoms. The maximum atomic E-state index is 12.3. The number of carbonyl (C=O) groups is 1. The van der Waals surface area contributed by atoms with E-state index in [0.29, 0.717) is 0 Å². The van der Waals surface area contributed by atoms with Crippen molar-refractivity contribution in [2.24, 2.45) is 0 Å². The van der Waals surface area contributed by atoms with Crippen LogP contribution in [0.25, 0.3) is 0 Å². The molecule has 0 aromatic heterocycles. The first-order chi connectivity index (χ1) is 7.70. The fourth-order valence-electron chi connectivity index (χ4n) is 1.92. The number of nitrogens with zero attached hydrogens (tertiary/aromatic N) is 1. The van der Waals surface area contributed by atoms with Gasteiger partial charge in [0.15, 0.2) is 0 Å². The van der Waals surface area contributed by atoms with Crippen LogP contribution < -0.4 is 0 Å². The number of hydrogen-bond donors (Lipinski definition) is 0. The predicted molar refractivity (Wildman–Crippen MR) is 68.1 cm³/mol. The largest absolute Gasteiger partial charge is 0.339 e. The number of carbonyl (C=O) groups excluding carboxylic acids is 1. The predicted octanol–water partition coefficient (Wildman–Crippen LogP) is 3.08. The first-order valence-electron chi connectivity index (χ1n) is 5.96. The highest BCUT2D eigenvalue weighted by atomic mass is 16.2. The fraction of sp³-hybridized carbons (Fsp3) is 0.500. The summed E-state index contributed by atoms with van der Waals surface area (Å²) in [4.78, 5) is 14.2. The van der Waals surface area contributed by atoms with Crippen molar-refractivity contribution in [2.75, 3.05) is 13.1 Å². The Bertz CT molecular complexity index is 320. The lowest BCUT2D eigenvalue weighted by Crippen LogP contribution is -2.36. The van der Waals surface area contributed by atoms with E-state index in [1.54, 1.807) is 6.08 Å². The van der Waals surface area contributed by atoms with Crippen molar-refractivity contribution in [1.82, 2.24) is 4.90 Å². The lowest BCUT2D eigenvalue weighted by atomic mass is 10.1. The van der Waals surface area contributed by atoms with Crippen LogP contribution in [0.3, 0.4) is 0 Å². The second kappa shape index (κ2) is 6.31. The molecule has 0 aliphatic carbocycles. The zero-order valence-electron chi connectivity index (χ0n) is 10.3. The summed E-state index contributed by atoms with van der Waals surface area (Å²) in [6.45, 7) is 9.38. The van der Waals surface area contributed by atoms with Crippen molar-refractivity contribution in [1.29, 1.82) is 0 Å². The molecule has 1 heterocycles. The van der Waals surface area contributed by atoms with Gasteiger partial charge in [0.05, 0.1) is 0 Å². The smallest absolute Gasteiger partial charge is 0.254 e. The lowest BCUT2D eigenvalue weighted by molar-refractivity contribution is -0.127. The van der Waals surface area contributed by atoms with Crippen LogP contribution in [0.15, 0.2) is 36.0 Å². The van der Waals surface area contributed by atoms with E-state index in [-0.39, 0.29) is 5.91 Å². The quantitative estimate of drug-likeness (QED) is 0.527. The molecule has 0 saturated carbocycles. The summed E-state index contributed by atoms with van der Waals surface area (Å²) < 4.78 is 0. The maximum Gasteiger partial charge on any atom is 0.254 e. The van der Waals surface area contributed by atoms with E-state index >= 15 is 0 Å². The van der Waals surface area contributed by atoms with Gasteiger partial charge in [-0.1, -0.05) is 24.8 Å². The first kappa shape index (κ1) is 12.8. The molecule has 16 heavy (non-hydrogen) atoms. The third-order valence-corrected chi connectivity index (χ3v) is 2.94. The molecule has 88 valence electrons. The van der Waals surface area contributed by atoms with Crippen LogP contribution in [0.1, 0.15) is 33.1 Å². The molecule has 0 bridgehead atoms. The Labute approximate surface area is 98.3 Å². The molecule has 0 radical (unpaired) electrons. The van der Waals surface area contributed by atoms with E-state index in [1.165, 1.54) is 6.42 Å². The number of rotatable bonds is 3. The number of likely N-dealkylation sites (tertiary alicyclic amines) is 1. The lowest BCUT2D eigenvalue weighted by Gasteiger charge is -2.27. The zero-order chi connectivity index (χ0) is 12.0. The summed E-state index contributed by atoms with van der Waals surface area (Å²) in [5.41, 5.74) is 1.73. The van der Waals surface area contributed by atoms with Crippen molar-refractivity contribution in [3.63, 3.8) is 0 Å². The molecule has 0 atom stereocenters. The van der Waals surface area contributed by atoms with Gasteiger partial charge in [0.2, 0.25) is 0 Å². The molecule has 2 nitrogen and oxygen atoms in total. The second-order valence-corrected chi connectivity index (χ2v) is 4.15. The summed E-state index contributed by atoms with van der Waals surface area (Å²) in [6.07, 6.45) is 9.03. The molecule has 1 aliphatic heterocycles. The van der Waals surface area contributed by atoms with E-state index in [0.717, 1.165) is 37.1 Å². The Hall–Kier alpha value is -1.31. The van der Waals surface area contributed by atoms with Crippen molar-refractivity contribution in [2.45, 2.75) is 33.1 Å². The van der Waals surface area contributed by atoms with Crippen LogP contribution in [0, 0.1) is 0 Å². The van der Waals surface area contributed by atoms with Gasteiger partial charge in [0.25, 0.3) is 5.91 Å².